The van der Waals surface area contributed by atoms with E-state index in [1.807, 2.05) is 25.1 Å². The standard InChI is InChI=1S/C27H27NO4S/c1-3-21(24-9-7-17-32-27(24)16-6-11-26(27)29)23-18-28(25-10-5-4-8-22(23)25)33(30,31)20-14-12-19(2)13-15-20/h1,4-5,8,10,12-15,18,21,24H,6-7,9,11,16-17H2,2H3/t21?,24-,27-/m1/s1. The van der Waals surface area contributed by atoms with Crippen molar-refractivity contribution in [1.29, 1.82) is 0 Å². The van der Waals surface area contributed by atoms with Crippen molar-refractivity contribution in [2.75, 3.05) is 6.61 Å². The molecule has 1 unspecified atom stereocenters. The van der Waals surface area contributed by atoms with Crippen molar-refractivity contribution < 1.29 is 17.9 Å². The second-order valence-corrected chi connectivity index (χ2v) is 10.9. The molecule has 3 atom stereocenters. The molecule has 0 radical (unpaired) electrons. The molecule has 1 saturated carbocycles. The number of hydrogen-bond acceptors (Lipinski definition) is 4. The maximum Gasteiger partial charge on any atom is 0.268 e. The molecule has 2 aromatic carbocycles. The Morgan fingerprint density at radius 2 is 1.91 bits per heavy atom. The molecular formula is C27H27NO4S. The third-order valence-electron chi connectivity index (χ3n) is 7.25. The van der Waals surface area contributed by atoms with Crippen LogP contribution in [0, 0.1) is 25.2 Å². The molecule has 2 fully saturated rings. The Balaban J connectivity index is 1.67. The van der Waals surface area contributed by atoms with Crippen LogP contribution in [0.3, 0.4) is 0 Å². The minimum Gasteiger partial charge on any atom is -0.367 e. The van der Waals surface area contributed by atoms with Gasteiger partial charge in [0.15, 0.2) is 5.78 Å². The second-order valence-electron chi connectivity index (χ2n) is 9.12. The first kappa shape index (κ1) is 21.9. The lowest BCUT2D eigenvalue weighted by Gasteiger charge is -2.42. The zero-order valence-electron chi connectivity index (χ0n) is 18.7. The number of hydrogen-bond donors (Lipinski definition) is 0. The largest absolute Gasteiger partial charge is 0.367 e. The quantitative estimate of drug-likeness (QED) is 0.523. The van der Waals surface area contributed by atoms with Crippen LogP contribution in [-0.4, -0.2) is 30.4 Å². The summed E-state index contributed by atoms with van der Waals surface area (Å²) < 4.78 is 34.7. The summed E-state index contributed by atoms with van der Waals surface area (Å²) in [6.07, 6.45) is 11.4. The van der Waals surface area contributed by atoms with Gasteiger partial charge in [0, 0.05) is 30.5 Å². The predicted molar refractivity (Wildman–Crippen MR) is 128 cm³/mol. The molecule has 1 aliphatic heterocycles. The van der Waals surface area contributed by atoms with E-state index in [9.17, 15) is 13.2 Å². The van der Waals surface area contributed by atoms with Crippen molar-refractivity contribution in [3.8, 4) is 12.3 Å². The number of nitrogens with zero attached hydrogens (tertiary/aromatic N) is 1. The van der Waals surface area contributed by atoms with Crippen LogP contribution >= 0.6 is 0 Å². The first-order valence-electron chi connectivity index (χ1n) is 11.4. The number of para-hydroxylation sites is 1. The maximum atomic E-state index is 13.6. The Morgan fingerprint density at radius 3 is 2.61 bits per heavy atom. The highest BCUT2D eigenvalue weighted by atomic mass is 32.2. The smallest absolute Gasteiger partial charge is 0.268 e. The number of aromatic nitrogens is 1. The number of rotatable bonds is 4. The Hall–Kier alpha value is -2.88. The summed E-state index contributed by atoms with van der Waals surface area (Å²) in [5.74, 6) is 2.45. The minimum absolute atomic E-state index is 0.128. The Morgan fingerprint density at radius 1 is 1.15 bits per heavy atom. The molecule has 0 bridgehead atoms. The maximum absolute atomic E-state index is 13.6. The third-order valence-corrected chi connectivity index (χ3v) is 8.93. The van der Waals surface area contributed by atoms with Gasteiger partial charge in [0.25, 0.3) is 10.0 Å². The Labute approximate surface area is 194 Å². The van der Waals surface area contributed by atoms with Crippen molar-refractivity contribution in [2.24, 2.45) is 5.92 Å². The number of ketones is 1. The van der Waals surface area contributed by atoms with Crippen molar-refractivity contribution in [3.05, 3.63) is 65.9 Å². The monoisotopic (exact) mass is 461 g/mol. The van der Waals surface area contributed by atoms with Crippen LogP contribution in [0.25, 0.3) is 10.9 Å². The predicted octanol–water partition coefficient (Wildman–Crippen LogP) is 4.82. The first-order valence-corrected chi connectivity index (χ1v) is 12.9. The molecule has 2 heterocycles. The van der Waals surface area contributed by atoms with Crippen LogP contribution in [0.4, 0.5) is 0 Å². The van der Waals surface area contributed by atoms with Crippen LogP contribution in [0.15, 0.2) is 59.6 Å². The van der Waals surface area contributed by atoms with Gasteiger partial charge in [-0.05, 0) is 56.4 Å². The number of fused-ring (bicyclic) bond motifs is 1. The van der Waals surface area contributed by atoms with E-state index < -0.39 is 21.5 Å². The van der Waals surface area contributed by atoms with E-state index in [1.165, 1.54) is 3.97 Å². The van der Waals surface area contributed by atoms with Gasteiger partial charge in [-0.15, -0.1) is 6.42 Å². The van der Waals surface area contributed by atoms with Crippen LogP contribution in [0.1, 0.15) is 49.1 Å². The highest BCUT2D eigenvalue weighted by Gasteiger charge is 2.53. The topological polar surface area (TPSA) is 65.4 Å². The molecule has 33 heavy (non-hydrogen) atoms. The van der Waals surface area contributed by atoms with Crippen LogP contribution < -0.4 is 0 Å². The molecular weight excluding hydrogens is 434 g/mol. The number of carbonyl (C=O) groups is 1. The molecule has 1 spiro atoms. The Bertz CT molecular complexity index is 1360. The molecule has 0 N–H and O–H groups in total. The number of terminal acetylenes is 1. The molecule has 1 aliphatic carbocycles. The Kier molecular flexibility index (Phi) is 5.43. The van der Waals surface area contributed by atoms with Gasteiger partial charge in [0.05, 0.1) is 16.3 Å². The fourth-order valence-electron chi connectivity index (χ4n) is 5.61. The lowest BCUT2D eigenvalue weighted by atomic mass is 9.70. The van der Waals surface area contributed by atoms with E-state index in [4.69, 9.17) is 11.2 Å². The fraction of sp³-hybridized carbons (Fsp3) is 0.370. The summed E-state index contributed by atoms with van der Waals surface area (Å²) in [4.78, 5) is 13.2. The zero-order chi connectivity index (χ0) is 23.2. The van der Waals surface area contributed by atoms with Crippen LogP contribution in [-0.2, 0) is 19.6 Å². The van der Waals surface area contributed by atoms with Crippen molar-refractivity contribution in [1.82, 2.24) is 3.97 Å². The summed E-state index contributed by atoms with van der Waals surface area (Å²) in [7, 11) is -3.82. The average molecular weight is 462 g/mol. The van der Waals surface area contributed by atoms with Gasteiger partial charge in [0.2, 0.25) is 0 Å². The van der Waals surface area contributed by atoms with Crippen LogP contribution in [0.2, 0.25) is 0 Å². The number of aryl methyl sites for hydroxylation is 1. The summed E-state index contributed by atoms with van der Waals surface area (Å²) >= 11 is 0. The zero-order valence-corrected chi connectivity index (χ0v) is 19.5. The van der Waals surface area contributed by atoms with E-state index >= 15 is 0 Å². The lowest BCUT2D eigenvalue weighted by Crippen LogP contribution is -2.50. The van der Waals surface area contributed by atoms with Crippen LogP contribution in [0.5, 0.6) is 0 Å². The van der Waals surface area contributed by atoms with Crippen molar-refractivity contribution in [2.45, 2.75) is 55.4 Å². The highest BCUT2D eigenvalue weighted by molar-refractivity contribution is 7.90. The molecule has 1 aromatic heterocycles. The second kappa shape index (κ2) is 8.16. The summed E-state index contributed by atoms with van der Waals surface area (Å²) in [6.45, 7) is 2.48. The van der Waals surface area contributed by atoms with E-state index in [-0.39, 0.29) is 16.6 Å². The van der Waals surface area contributed by atoms with Gasteiger partial charge >= 0.3 is 0 Å². The summed E-state index contributed by atoms with van der Waals surface area (Å²) in [5, 5.41) is 0.794. The van der Waals surface area contributed by atoms with E-state index in [0.29, 0.717) is 25.0 Å². The minimum atomic E-state index is -3.82. The number of Topliss-reactive ketones (excluding diaryl/α,β-unsaturated/α-hetero) is 1. The van der Waals surface area contributed by atoms with Gasteiger partial charge in [-0.2, -0.15) is 0 Å². The highest BCUT2D eigenvalue weighted by Crippen LogP contribution is 2.49. The molecule has 3 aromatic rings. The number of ether oxygens (including phenoxy) is 1. The van der Waals surface area contributed by atoms with E-state index in [2.05, 4.69) is 5.92 Å². The third kappa shape index (κ3) is 3.42. The normalized spacial score (nSPS) is 24.2. The van der Waals surface area contributed by atoms with Gasteiger partial charge in [-0.3, -0.25) is 4.79 Å². The lowest BCUT2D eigenvalue weighted by molar-refractivity contribution is -0.158. The fourth-order valence-corrected chi connectivity index (χ4v) is 6.99. The van der Waals surface area contributed by atoms with E-state index in [1.54, 1.807) is 36.5 Å². The molecule has 5 rings (SSSR count). The molecule has 0 amide bonds. The van der Waals surface area contributed by atoms with Crippen molar-refractivity contribution >= 4 is 26.7 Å². The molecule has 6 heteroatoms. The molecule has 2 aliphatic rings. The average Bonchev–Trinajstić information content (AvgIpc) is 3.38. The van der Waals surface area contributed by atoms with Gasteiger partial charge in [-0.25, -0.2) is 12.4 Å². The SMILES string of the molecule is C#CC(c1cn(S(=O)(=O)c2ccc(C)cc2)c2ccccc12)[C@H]1CCCO[C@]12CCCC2=O. The van der Waals surface area contributed by atoms with E-state index in [0.717, 1.165) is 35.8 Å². The van der Waals surface area contributed by atoms with Gasteiger partial charge in [0.1, 0.15) is 5.60 Å². The molecule has 5 nitrogen and oxygen atoms in total. The van der Waals surface area contributed by atoms with Crippen molar-refractivity contribution in [3.63, 3.8) is 0 Å². The number of benzene rings is 2. The first-order chi connectivity index (χ1) is 15.9. The molecule has 1 saturated heterocycles. The molecule has 170 valence electrons. The summed E-state index contributed by atoms with van der Waals surface area (Å²) in [5.41, 5.74) is 1.48. The van der Waals surface area contributed by atoms with Gasteiger partial charge in [-0.1, -0.05) is 41.8 Å². The number of carbonyl (C=O) groups excluding carboxylic acids is 1. The summed E-state index contributed by atoms with van der Waals surface area (Å²) in [6, 6.07) is 14.2. The van der Waals surface area contributed by atoms with Gasteiger partial charge < -0.3 is 4.74 Å².